The van der Waals surface area contributed by atoms with Gasteiger partial charge in [-0.1, -0.05) is 20.8 Å². The highest BCUT2D eigenvalue weighted by Crippen LogP contribution is 2.54. The monoisotopic (exact) mass is 170 g/mol. The molecule has 1 aliphatic carbocycles. The van der Waals surface area contributed by atoms with Crippen molar-refractivity contribution in [2.24, 2.45) is 11.8 Å². The second-order valence-electron chi connectivity index (χ2n) is 4.75. The van der Waals surface area contributed by atoms with Crippen molar-refractivity contribution in [2.75, 3.05) is 0 Å². The molecule has 2 bridgehead atoms. The molecule has 3 atom stereocenters. The van der Waals surface area contributed by atoms with Gasteiger partial charge in [0.25, 0.3) is 0 Å². The molecule has 2 aliphatic heterocycles. The summed E-state index contributed by atoms with van der Waals surface area (Å²) in [6, 6.07) is 0. The van der Waals surface area contributed by atoms with Crippen LogP contribution in [-0.2, 0) is 0 Å². The van der Waals surface area contributed by atoms with Crippen LogP contribution in [0.1, 0.15) is 40.0 Å². The molecule has 64 valence electrons. The maximum Gasteiger partial charge on any atom is 0.0134 e. The molecule has 0 N–H and O–H groups in total. The molecule has 3 aliphatic rings. The van der Waals surface area contributed by atoms with Crippen LogP contribution in [0.3, 0.4) is 0 Å². The highest BCUT2D eigenvalue weighted by atomic mass is 32.2. The zero-order valence-electron chi connectivity index (χ0n) is 7.76. The molecule has 0 nitrogen and oxygen atoms in total. The molecule has 1 saturated carbocycles. The van der Waals surface area contributed by atoms with Crippen LogP contribution < -0.4 is 0 Å². The molecule has 3 rings (SSSR count). The average molecular weight is 170 g/mol. The minimum Gasteiger partial charge on any atom is -0.152 e. The van der Waals surface area contributed by atoms with Crippen LogP contribution in [0, 0.1) is 11.8 Å². The van der Waals surface area contributed by atoms with Crippen molar-refractivity contribution in [3.8, 4) is 0 Å². The molecule has 2 saturated heterocycles. The van der Waals surface area contributed by atoms with E-state index in [0.29, 0.717) is 4.75 Å². The van der Waals surface area contributed by atoms with E-state index in [-0.39, 0.29) is 0 Å². The lowest BCUT2D eigenvalue weighted by Crippen LogP contribution is -2.44. The zero-order chi connectivity index (χ0) is 8.06. The van der Waals surface area contributed by atoms with E-state index in [1.54, 1.807) is 0 Å². The summed E-state index contributed by atoms with van der Waals surface area (Å²) in [5.74, 6) is 2.00. The summed E-state index contributed by atoms with van der Waals surface area (Å²) in [7, 11) is 0. The van der Waals surface area contributed by atoms with Gasteiger partial charge in [-0.05, 0) is 31.1 Å². The Hall–Kier alpha value is 0.350. The average Bonchev–Trinajstić information content (AvgIpc) is 1.90. The first-order valence-electron chi connectivity index (χ1n) is 4.77. The second kappa shape index (κ2) is 2.42. The Bertz CT molecular complexity index is 162. The number of thioether (sulfide) groups is 1. The van der Waals surface area contributed by atoms with Gasteiger partial charge in [0.05, 0.1) is 0 Å². The smallest absolute Gasteiger partial charge is 0.0134 e. The Morgan fingerprint density at radius 1 is 1.27 bits per heavy atom. The van der Waals surface area contributed by atoms with E-state index >= 15 is 0 Å². The standard InChI is InChI=1S/C10H18S/c1-7-6-8-4-5-9(7)11-10(8,2)3/h7-9H,4-6H2,1-3H3/t7-,8-,9+/m1/s1. The van der Waals surface area contributed by atoms with Crippen molar-refractivity contribution in [3.05, 3.63) is 0 Å². The Kier molecular flexibility index (Phi) is 1.75. The first kappa shape index (κ1) is 7.97. The Labute approximate surface area is 74.1 Å². The summed E-state index contributed by atoms with van der Waals surface area (Å²) >= 11 is 2.25. The lowest BCUT2D eigenvalue weighted by molar-refractivity contribution is 0.226. The summed E-state index contributed by atoms with van der Waals surface area (Å²) in [6.45, 7) is 7.29. The van der Waals surface area contributed by atoms with Crippen LogP contribution >= 0.6 is 11.8 Å². The van der Waals surface area contributed by atoms with Crippen molar-refractivity contribution in [1.29, 1.82) is 0 Å². The van der Waals surface area contributed by atoms with Crippen LogP contribution in [0.15, 0.2) is 0 Å². The van der Waals surface area contributed by atoms with E-state index in [1.807, 2.05) is 0 Å². The van der Waals surface area contributed by atoms with Gasteiger partial charge in [0.1, 0.15) is 0 Å². The van der Waals surface area contributed by atoms with Gasteiger partial charge in [-0.2, -0.15) is 11.8 Å². The van der Waals surface area contributed by atoms with Crippen LogP contribution in [0.4, 0.5) is 0 Å². The first-order chi connectivity index (χ1) is 5.09. The normalized spacial score (nSPS) is 47.7. The van der Waals surface area contributed by atoms with Gasteiger partial charge in [-0.3, -0.25) is 0 Å². The maximum atomic E-state index is 2.43. The zero-order valence-corrected chi connectivity index (χ0v) is 8.58. The van der Waals surface area contributed by atoms with E-state index in [9.17, 15) is 0 Å². The fraction of sp³-hybridized carbons (Fsp3) is 1.00. The molecule has 0 radical (unpaired) electrons. The molecular formula is C10H18S. The summed E-state index contributed by atoms with van der Waals surface area (Å²) in [6.07, 6.45) is 4.47. The van der Waals surface area contributed by atoms with Crippen molar-refractivity contribution in [1.82, 2.24) is 0 Å². The van der Waals surface area contributed by atoms with Crippen LogP contribution in [-0.4, -0.2) is 10.00 Å². The van der Waals surface area contributed by atoms with Crippen LogP contribution in [0.2, 0.25) is 0 Å². The molecule has 0 aromatic carbocycles. The third-order valence-corrected chi connectivity index (χ3v) is 5.47. The molecular weight excluding hydrogens is 152 g/mol. The van der Waals surface area contributed by atoms with E-state index in [4.69, 9.17) is 0 Å². The predicted octanol–water partition coefficient (Wildman–Crippen LogP) is 3.32. The maximum absolute atomic E-state index is 2.43. The Morgan fingerprint density at radius 2 is 2.00 bits per heavy atom. The van der Waals surface area contributed by atoms with Gasteiger partial charge in [0.2, 0.25) is 0 Å². The van der Waals surface area contributed by atoms with E-state index < -0.39 is 0 Å². The highest BCUT2D eigenvalue weighted by Gasteiger charge is 2.44. The fourth-order valence-corrected chi connectivity index (χ4v) is 4.45. The molecule has 3 fully saturated rings. The molecule has 0 aromatic heterocycles. The fourth-order valence-electron chi connectivity index (χ4n) is 2.66. The summed E-state index contributed by atoms with van der Waals surface area (Å²) in [5, 5.41) is 0.981. The SMILES string of the molecule is C[C@@H]1C[C@H]2CC[C@@H]1SC2(C)C. The Balaban J connectivity index is 2.16. The molecule has 0 unspecified atom stereocenters. The minimum atomic E-state index is 0.593. The number of hydrogen-bond donors (Lipinski definition) is 0. The van der Waals surface area contributed by atoms with E-state index in [2.05, 4.69) is 32.5 Å². The largest absolute Gasteiger partial charge is 0.152 e. The van der Waals surface area contributed by atoms with E-state index in [0.717, 1.165) is 17.1 Å². The van der Waals surface area contributed by atoms with Crippen LogP contribution in [0.25, 0.3) is 0 Å². The number of rotatable bonds is 0. The van der Waals surface area contributed by atoms with Gasteiger partial charge in [0.15, 0.2) is 0 Å². The van der Waals surface area contributed by atoms with Crippen LogP contribution in [0.5, 0.6) is 0 Å². The van der Waals surface area contributed by atoms with Gasteiger partial charge < -0.3 is 0 Å². The molecule has 0 amide bonds. The van der Waals surface area contributed by atoms with Gasteiger partial charge in [-0.25, -0.2) is 0 Å². The first-order valence-corrected chi connectivity index (χ1v) is 5.65. The quantitative estimate of drug-likeness (QED) is 0.537. The predicted molar refractivity (Wildman–Crippen MR) is 52.0 cm³/mol. The van der Waals surface area contributed by atoms with Crippen molar-refractivity contribution in [2.45, 2.75) is 50.0 Å². The van der Waals surface area contributed by atoms with Crippen molar-refractivity contribution < 1.29 is 0 Å². The molecule has 0 spiro atoms. The lowest BCUT2D eigenvalue weighted by Gasteiger charge is -2.50. The molecule has 1 heteroatoms. The van der Waals surface area contributed by atoms with Gasteiger partial charge in [0, 0.05) is 10.00 Å². The number of hydrogen-bond acceptors (Lipinski definition) is 1. The van der Waals surface area contributed by atoms with Crippen molar-refractivity contribution in [3.63, 3.8) is 0 Å². The molecule has 0 aromatic rings. The minimum absolute atomic E-state index is 0.593. The lowest BCUT2D eigenvalue weighted by atomic mass is 9.75. The third kappa shape index (κ3) is 1.22. The summed E-state index contributed by atoms with van der Waals surface area (Å²) in [5.41, 5.74) is 0. The second-order valence-corrected chi connectivity index (χ2v) is 6.64. The third-order valence-electron chi connectivity index (χ3n) is 3.53. The molecule has 11 heavy (non-hydrogen) atoms. The highest BCUT2D eigenvalue weighted by molar-refractivity contribution is 8.01. The van der Waals surface area contributed by atoms with Crippen molar-refractivity contribution >= 4 is 11.8 Å². The summed E-state index contributed by atoms with van der Waals surface area (Å²) < 4.78 is 0.593. The number of fused-ring (bicyclic) bond motifs is 3. The Morgan fingerprint density at radius 3 is 2.27 bits per heavy atom. The summed E-state index contributed by atoms with van der Waals surface area (Å²) in [4.78, 5) is 0. The van der Waals surface area contributed by atoms with E-state index in [1.165, 1.54) is 19.3 Å². The van der Waals surface area contributed by atoms with Gasteiger partial charge >= 0.3 is 0 Å². The van der Waals surface area contributed by atoms with Gasteiger partial charge in [-0.15, -0.1) is 0 Å². The topological polar surface area (TPSA) is 0 Å². The molecule has 2 heterocycles.